The number of hydrogen-bond acceptors (Lipinski definition) is 3. The number of fused-ring (bicyclic) bond motifs is 1. The number of benzene rings is 2. The van der Waals surface area contributed by atoms with Crippen molar-refractivity contribution >= 4 is 41.5 Å². The van der Waals surface area contributed by atoms with Crippen LogP contribution in [0.4, 0.5) is 10.1 Å². The van der Waals surface area contributed by atoms with Crippen molar-refractivity contribution in [1.82, 2.24) is 10.6 Å². The van der Waals surface area contributed by atoms with E-state index in [9.17, 15) is 9.18 Å². The first-order valence-electron chi connectivity index (χ1n) is 9.47. The zero-order valence-electron chi connectivity index (χ0n) is 16.3. The first kappa shape index (κ1) is 22.9. The molecule has 1 aliphatic heterocycles. The molecule has 0 saturated heterocycles. The van der Waals surface area contributed by atoms with Crippen LogP contribution >= 0.6 is 24.0 Å². The predicted molar refractivity (Wildman–Crippen MR) is 124 cm³/mol. The Morgan fingerprint density at radius 1 is 1.21 bits per heavy atom. The Hall–Kier alpha value is -2.36. The van der Waals surface area contributed by atoms with Gasteiger partial charge in [0.2, 0.25) is 5.91 Å². The van der Waals surface area contributed by atoms with Gasteiger partial charge < -0.3 is 20.7 Å². The molecule has 0 aromatic heterocycles. The van der Waals surface area contributed by atoms with E-state index in [1.165, 1.54) is 6.07 Å². The van der Waals surface area contributed by atoms with Crippen molar-refractivity contribution < 1.29 is 13.9 Å². The van der Waals surface area contributed by atoms with Crippen molar-refractivity contribution in [2.75, 3.05) is 25.0 Å². The average molecular weight is 512 g/mol. The lowest BCUT2D eigenvalue weighted by Gasteiger charge is -2.18. The van der Waals surface area contributed by atoms with Gasteiger partial charge in [0.25, 0.3) is 0 Å². The Morgan fingerprint density at radius 3 is 2.83 bits per heavy atom. The molecule has 0 spiro atoms. The van der Waals surface area contributed by atoms with Crippen molar-refractivity contribution in [2.45, 2.75) is 26.3 Å². The standard InChI is InChI=1S/C21H25FN4O2.HI/c1-2-23-21(25-14-16-5-3-4-6-18(16)22)24-11-12-28-17-8-9-19-15(13-17)7-10-20(27)26-19;/h3-6,8-9,13H,2,7,10-12,14H2,1H3,(H,26,27)(H2,23,24,25);1H. The van der Waals surface area contributed by atoms with Crippen LogP contribution in [0.3, 0.4) is 0 Å². The lowest BCUT2D eigenvalue weighted by Crippen LogP contribution is -2.39. The molecular formula is C21H26FIN4O2. The minimum atomic E-state index is -0.256. The topological polar surface area (TPSA) is 74.8 Å². The van der Waals surface area contributed by atoms with Crippen molar-refractivity contribution in [3.05, 3.63) is 59.4 Å². The van der Waals surface area contributed by atoms with Crippen LogP contribution in [0.5, 0.6) is 5.75 Å². The highest BCUT2D eigenvalue weighted by Crippen LogP contribution is 2.26. The fourth-order valence-electron chi connectivity index (χ4n) is 2.92. The molecule has 156 valence electrons. The zero-order chi connectivity index (χ0) is 19.8. The highest BCUT2D eigenvalue weighted by Gasteiger charge is 2.14. The molecule has 8 heteroatoms. The van der Waals surface area contributed by atoms with Gasteiger partial charge in [0.05, 0.1) is 13.1 Å². The third kappa shape index (κ3) is 6.88. The highest BCUT2D eigenvalue weighted by atomic mass is 127. The van der Waals surface area contributed by atoms with Crippen LogP contribution in [0, 0.1) is 5.82 Å². The van der Waals surface area contributed by atoms with Gasteiger partial charge in [0.1, 0.15) is 18.2 Å². The van der Waals surface area contributed by atoms with Gasteiger partial charge in [0.15, 0.2) is 5.96 Å². The molecule has 0 fully saturated rings. The van der Waals surface area contributed by atoms with Gasteiger partial charge in [-0.25, -0.2) is 9.38 Å². The summed E-state index contributed by atoms with van der Waals surface area (Å²) in [5.41, 5.74) is 2.50. The molecule has 29 heavy (non-hydrogen) atoms. The Kier molecular flexibility index (Phi) is 9.17. The minimum Gasteiger partial charge on any atom is -0.492 e. The fraction of sp³-hybridized carbons (Fsp3) is 0.333. The number of anilines is 1. The van der Waals surface area contributed by atoms with Crippen molar-refractivity contribution in [3.8, 4) is 5.75 Å². The van der Waals surface area contributed by atoms with E-state index < -0.39 is 0 Å². The summed E-state index contributed by atoms with van der Waals surface area (Å²) in [7, 11) is 0. The third-order valence-electron chi connectivity index (χ3n) is 4.35. The van der Waals surface area contributed by atoms with E-state index >= 15 is 0 Å². The molecule has 3 rings (SSSR count). The summed E-state index contributed by atoms with van der Waals surface area (Å²) in [6.45, 7) is 3.95. The number of carbonyl (C=O) groups is 1. The second kappa shape index (κ2) is 11.6. The molecule has 0 aliphatic carbocycles. The van der Waals surface area contributed by atoms with Gasteiger partial charge in [-0.2, -0.15) is 0 Å². The van der Waals surface area contributed by atoms with Crippen LogP contribution in [0.15, 0.2) is 47.5 Å². The first-order chi connectivity index (χ1) is 13.7. The first-order valence-corrected chi connectivity index (χ1v) is 9.47. The third-order valence-corrected chi connectivity index (χ3v) is 4.35. The molecular weight excluding hydrogens is 486 g/mol. The largest absolute Gasteiger partial charge is 0.492 e. The number of aliphatic imine (C=N–C) groups is 1. The lowest BCUT2D eigenvalue weighted by molar-refractivity contribution is -0.116. The number of aryl methyl sites for hydroxylation is 1. The van der Waals surface area contributed by atoms with Crippen LogP contribution < -0.4 is 20.7 Å². The number of hydrogen-bond donors (Lipinski definition) is 3. The Morgan fingerprint density at radius 2 is 2.03 bits per heavy atom. The number of halogens is 2. The van der Waals surface area contributed by atoms with E-state index in [0.29, 0.717) is 37.6 Å². The Balaban J connectivity index is 0.00000300. The van der Waals surface area contributed by atoms with Gasteiger partial charge in [-0.05, 0) is 43.2 Å². The minimum absolute atomic E-state index is 0. The molecule has 2 aromatic rings. The van der Waals surface area contributed by atoms with E-state index in [1.807, 2.05) is 25.1 Å². The smallest absolute Gasteiger partial charge is 0.224 e. The fourth-order valence-corrected chi connectivity index (χ4v) is 2.92. The molecule has 0 unspecified atom stereocenters. The molecule has 0 saturated carbocycles. The average Bonchev–Trinajstić information content (AvgIpc) is 2.70. The molecule has 0 radical (unpaired) electrons. The zero-order valence-corrected chi connectivity index (χ0v) is 18.7. The number of carbonyl (C=O) groups excluding carboxylic acids is 1. The maximum absolute atomic E-state index is 13.7. The molecule has 0 atom stereocenters. The van der Waals surface area contributed by atoms with Crippen LogP contribution in [0.2, 0.25) is 0 Å². The van der Waals surface area contributed by atoms with Crippen LogP contribution in [0.25, 0.3) is 0 Å². The normalized spacial score (nSPS) is 13.0. The van der Waals surface area contributed by atoms with Gasteiger partial charge in [-0.3, -0.25) is 4.79 Å². The molecule has 1 amide bonds. The van der Waals surface area contributed by atoms with Crippen molar-refractivity contribution in [2.24, 2.45) is 4.99 Å². The molecule has 0 bridgehead atoms. The molecule has 1 heterocycles. The summed E-state index contributed by atoms with van der Waals surface area (Å²) in [4.78, 5) is 15.8. The number of nitrogens with one attached hydrogen (secondary N) is 3. The summed E-state index contributed by atoms with van der Waals surface area (Å²) in [5, 5.41) is 9.18. The van der Waals surface area contributed by atoms with Gasteiger partial charge in [0, 0.05) is 24.2 Å². The number of nitrogens with zero attached hydrogens (tertiary/aromatic N) is 1. The maximum atomic E-state index is 13.7. The van der Waals surface area contributed by atoms with Crippen molar-refractivity contribution in [3.63, 3.8) is 0 Å². The molecule has 3 N–H and O–H groups in total. The van der Waals surface area contributed by atoms with Crippen LogP contribution in [0.1, 0.15) is 24.5 Å². The summed E-state index contributed by atoms with van der Waals surface area (Å²) in [6, 6.07) is 12.3. The predicted octanol–water partition coefficient (Wildman–Crippen LogP) is 3.46. The van der Waals surface area contributed by atoms with E-state index in [0.717, 1.165) is 23.4 Å². The quantitative estimate of drug-likeness (QED) is 0.230. The number of amides is 1. The Labute approximate surface area is 187 Å². The molecule has 2 aromatic carbocycles. The number of ether oxygens (including phenoxy) is 1. The Bertz CT molecular complexity index is 860. The van der Waals surface area contributed by atoms with E-state index in [-0.39, 0.29) is 42.2 Å². The number of guanidine groups is 1. The van der Waals surface area contributed by atoms with E-state index in [2.05, 4.69) is 20.9 Å². The lowest BCUT2D eigenvalue weighted by atomic mass is 10.0. The summed E-state index contributed by atoms with van der Waals surface area (Å²) < 4.78 is 19.5. The second-order valence-corrected chi connectivity index (χ2v) is 6.43. The van der Waals surface area contributed by atoms with Crippen LogP contribution in [-0.2, 0) is 17.8 Å². The SMILES string of the molecule is CCNC(=NCc1ccccc1F)NCCOc1ccc2c(c1)CCC(=O)N2.I. The second-order valence-electron chi connectivity index (χ2n) is 6.43. The summed E-state index contributed by atoms with van der Waals surface area (Å²) in [5.74, 6) is 1.18. The van der Waals surface area contributed by atoms with E-state index in [4.69, 9.17) is 4.74 Å². The van der Waals surface area contributed by atoms with Crippen molar-refractivity contribution in [1.29, 1.82) is 0 Å². The summed E-state index contributed by atoms with van der Waals surface area (Å²) in [6.07, 6.45) is 1.23. The maximum Gasteiger partial charge on any atom is 0.224 e. The molecule has 1 aliphatic rings. The number of rotatable bonds is 7. The highest BCUT2D eigenvalue weighted by molar-refractivity contribution is 14.0. The summed E-state index contributed by atoms with van der Waals surface area (Å²) >= 11 is 0. The van der Waals surface area contributed by atoms with Gasteiger partial charge in [-0.15, -0.1) is 24.0 Å². The van der Waals surface area contributed by atoms with Crippen LogP contribution in [-0.4, -0.2) is 31.6 Å². The van der Waals surface area contributed by atoms with Gasteiger partial charge >= 0.3 is 0 Å². The molecule has 6 nitrogen and oxygen atoms in total. The monoisotopic (exact) mass is 512 g/mol. The van der Waals surface area contributed by atoms with E-state index in [1.54, 1.807) is 18.2 Å². The van der Waals surface area contributed by atoms with Gasteiger partial charge in [-0.1, -0.05) is 18.2 Å².